The molecule has 2 aromatic rings. The van der Waals surface area contributed by atoms with Gasteiger partial charge in [-0.05, 0) is 40.2 Å². The van der Waals surface area contributed by atoms with Gasteiger partial charge in [0.25, 0.3) is 0 Å². The largest absolute Gasteiger partial charge is 0.493 e. The van der Waals surface area contributed by atoms with E-state index in [1.165, 1.54) is 7.11 Å². The van der Waals surface area contributed by atoms with Crippen molar-refractivity contribution in [3.05, 3.63) is 58.1 Å². The van der Waals surface area contributed by atoms with Crippen molar-refractivity contribution < 1.29 is 23.0 Å². The Balaban J connectivity index is 2.15. The number of carbonyl (C=O) groups excluding carboxylic acids is 1. The van der Waals surface area contributed by atoms with Crippen molar-refractivity contribution in [1.29, 1.82) is 0 Å². The summed E-state index contributed by atoms with van der Waals surface area (Å²) in [5.74, 6) is -1.46. The lowest BCUT2D eigenvalue weighted by Gasteiger charge is -2.12. The molecular formula is C15H11BrF2O3. The van der Waals surface area contributed by atoms with E-state index in [9.17, 15) is 13.6 Å². The molecule has 0 heterocycles. The van der Waals surface area contributed by atoms with Gasteiger partial charge in [-0.1, -0.05) is 6.07 Å². The summed E-state index contributed by atoms with van der Waals surface area (Å²) < 4.78 is 37.4. The van der Waals surface area contributed by atoms with Crippen LogP contribution in [-0.2, 0) is 0 Å². The second-order valence-corrected chi connectivity index (χ2v) is 4.96. The number of halogens is 3. The third-order valence-corrected chi connectivity index (χ3v) is 3.35. The smallest absolute Gasteiger partial charge is 0.203 e. The molecule has 2 aromatic carbocycles. The van der Waals surface area contributed by atoms with Gasteiger partial charge in [0.1, 0.15) is 11.6 Å². The second-order valence-electron chi connectivity index (χ2n) is 4.11. The van der Waals surface area contributed by atoms with Crippen LogP contribution in [0.3, 0.4) is 0 Å². The molecule has 2 rings (SSSR count). The van der Waals surface area contributed by atoms with Crippen molar-refractivity contribution >= 4 is 21.7 Å². The molecule has 0 spiro atoms. The predicted molar refractivity (Wildman–Crippen MR) is 76.9 cm³/mol. The van der Waals surface area contributed by atoms with Crippen LogP contribution in [0.15, 0.2) is 40.9 Å². The summed E-state index contributed by atoms with van der Waals surface area (Å²) in [6.45, 7) is -0.387. The summed E-state index contributed by atoms with van der Waals surface area (Å²) in [7, 11) is 1.47. The summed E-state index contributed by atoms with van der Waals surface area (Å²) in [5.41, 5.74) is -0.220. The number of ketones is 1. The lowest BCUT2D eigenvalue weighted by molar-refractivity contribution is 0.0914. The number of carbonyl (C=O) groups is 1. The van der Waals surface area contributed by atoms with Gasteiger partial charge in [-0.15, -0.1) is 0 Å². The molecular weight excluding hydrogens is 346 g/mol. The highest BCUT2D eigenvalue weighted by molar-refractivity contribution is 9.10. The summed E-state index contributed by atoms with van der Waals surface area (Å²) in [6.07, 6.45) is 0. The van der Waals surface area contributed by atoms with Crippen LogP contribution in [0.25, 0.3) is 0 Å². The third kappa shape index (κ3) is 3.58. The minimum Gasteiger partial charge on any atom is -0.493 e. The quantitative estimate of drug-likeness (QED) is 0.759. The standard InChI is InChI=1S/C15H11BrF2O3/c1-20-14-4-2-3-11(16)15(14)21-8-13(19)10-6-5-9(17)7-12(10)18/h2-7H,8H2,1H3. The minimum absolute atomic E-state index is 0.220. The molecule has 0 saturated heterocycles. The lowest BCUT2D eigenvalue weighted by Crippen LogP contribution is -2.14. The lowest BCUT2D eigenvalue weighted by atomic mass is 10.1. The van der Waals surface area contributed by atoms with Crippen molar-refractivity contribution in [2.24, 2.45) is 0 Å². The first-order valence-electron chi connectivity index (χ1n) is 5.96. The molecule has 110 valence electrons. The van der Waals surface area contributed by atoms with Gasteiger partial charge in [0.2, 0.25) is 5.78 Å². The molecule has 0 atom stereocenters. The molecule has 21 heavy (non-hydrogen) atoms. The van der Waals surface area contributed by atoms with Crippen molar-refractivity contribution in [3.63, 3.8) is 0 Å². The Labute approximate surface area is 128 Å². The van der Waals surface area contributed by atoms with Crippen molar-refractivity contribution in [2.45, 2.75) is 0 Å². The van der Waals surface area contributed by atoms with Gasteiger partial charge < -0.3 is 9.47 Å². The number of rotatable bonds is 5. The first kappa shape index (κ1) is 15.4. The third-order valence-electron chi connectivity index (χ3n) is 2.73. The fourth-order valence-electron chi connectivity index (χ4n) is 1.72. The molecule has 0 aromatic heterocycles. The molecule has 6 heteroatoms. The van der Waals surface area contributed by atoms with Gasteiger partial charge in [-0.25, -0.2) is 8.78 Å². The van der Waals surface area contributed by atoms with Crippen LogP contribution in [0, 0.1) is 11.6 Å². The maximum absolute atomic E-state index is 13.5. The van der Waals surface area contributed by atoms with Gasteiger partial charge in [-0.2, -0.15) is 0 Å². The molecule has 0 unspecified atom stereocenters. The number of hydrogen-bond acceptors (Lipinski definition) is 3. The zero-order valence-corrected chi connectivity index (χ0v) is 12.6. The van der Waals surface area contributed by atoms with E-state index in [-0.39, 0.29) is 12.2 Å². The minimum atomic E-state index is -0.914. The van der Waals surface area contributed by atoms with Gasteiger partial charge in [0.15, 0.2) is 18.1 Å². The molecule has 0 saturated carbocycles. The highest BCUT2D eigenvalue weighted by Crippen LogP contribution is 2.34. The van der Waals surface area contributed by atoms with Gasteiger partial charge in [0, 0.05) is 6.07 Å². The Morgan fingerprint density at radius 3 is 2.67 bits per heavy atom. The number of Topliss-reactive ketones (excluding diaryl/α,β-unsaturated/α-hetero) is 1. The zero-order chi connectivity index (χ0) is 15.4. The maximum Gasteiger partial charge on any atom is 0.203 e. The molecule has 0 N–H and O–H groups in total. The predicted octanol–water partition coefficient (Wildman–Crippen LogP) is 4.00. The second kappa shape index (κ2) is 6.67. The monoisotopic (exact) mass is 356 g/mol. The topological polar surface area (TPSA) is 35.5 Å². The number of hydrogen-bond donors (Lipinski definition) is 0. The molecule has 0 bridgehead atoms. The fraction of sp³-hybridized carbons (Fsp3) is 0.133. The van der Waals surface area contributed by atoms with E-state index in [1.807, 2.05) is 0 Å². The first-order valence-corrected chi connectivity index (χ1v) is 6.75. The van der Waals surface area contributed by atoms with Gasteiger partial charge >= 0.3 is 0 Å². The Bertz CT molecular complexity index is 674. The number of para-hydroxylation sites is 1. The van der Waals surface area contributed by atoms with Crippen LogP contribution in [0.2, 0.25) is 0 Å². The van der Waals surface area contributed by atoms with E-state index in [0.717, 1.165) is 12.1 Å². The Morgan fingerprint density at radius 1 is 1.24 bits per heavy atom. The Kier molecular flexibility index (Phi) is 4.90. The van der Waals surface area contributed by atoms with Crippen LogP contribution in [0.1, 0.15) is 10.4 Å². The van der Waals surface area contributed by atoms with Crippen LogP contribution >= 0.6 is 15.9 Å². The number of methoxy groups -OCH3 is 1. The average Bonchev–Trinajstić information content (AvgIpc) is 2.45. The number of ether oxygens (including phenoxy) is 2. The van der Waals surface area contributed by atoms with Crippen molar-refractivity contribution in [2.75, 3.05) is 13.7 Å². The normalized spacial score (nSPS) is 10.3. The summed E-state index contributed by atoms with van der Waals surface area (Å²) in [4.78, 5) is 11.9. The first-order chi connectivity index (χ1) is 10.0. The van der Waals surface area contributed by atoms with E-state index >= 15 is 0 Å². The molecule has 0 fully saturated rings. The van der Waals surface area contributed by atoms with Crippen LogP contribution in [-0.4, -0.2) is 19.5 Å². The molecule has 0 aliphatic heterocycles. The highest BCUT2D eigenvalue weighted by atomic mass is 79.9. The number of benzene rings is 2. The highest BCUT2D eigenvalue weighted by Gasteiger charge is 2.15. The maximum atomic E-state index is 13.5. The molecule has 0 radical (unpaired) electrons. The molecule has 0 aliphatic rings. The Morgan fingerprint density at radius 2 is 2.00 bits per heavy atom. The Hall–Kier alpha value is -1.95. The average molecular weight is 357 g/mol. The van der Waals surface area contributed by atoms with Crippen LogP contribution < -0.4 is 9.47 Å². The summed E-state index contributed by atoms with van der Waals surface area (Å²) in [6, 6.07) is 7.91. The van der Waals surface area contributed by atoms with Crippen molar-refractivity contribution in [1.82, 2.24) is 0 Å². The van der Waals surface area contributed by atoms with Crippen LogP contribution in [0.5, 0.6) is 11.5 Å². The molecule has 0 amide bonds. The summed E-state index contributed by atoms with van der Waals surface area (Å²) in [5, 5.41) is 0. The summed E-state index contributed by atoms with van der Waals surface area (Å²) >= 11 is 3.28. The fourth-order valence-corrected chi connectivity index (χ4v) is 2.18. The van der Waals surface area contributed by atoms with E-state index < -0.39 is 17.4 Å². The van der Waals surface area contributed by atoms with Crippen molar-refractivity contribution in [3.8, 4) is 11.5 Å². The SMILES string of the molecule is COc1cccc(Br)c1OCC(=O)c1ccc(F)cc1F. The zero-order valence-electron chi connectivity index (χ0n) is 11.0. The van der Waals surface area contributed by atoms with E-state index in [2.05, 4.69) is 15.9 Å². The van der Waals surface area contributed by atoms with Gasteiger partial charge in [0.05, 0.1) is 17.1 Å². The van der Waals surface area contributed by atoms with E-state index in [1.54, 1.807) is 18.2 Å². The van der Waals surface area contributed by atoms with E-state index in [0.29, 0.717) is 22.0 Å². The molecule has 3 nitrogen and oxygen atoms in total. The van der Waals surface area contributed by atoms with Gasteiger partial charge in [-0.3, -0.25) is 4.79 Å². The van der Waals surface area contributed by atoms with Crippen LogP contribution in [0.4, 0.5) is 8.78 Å². The molecule has 0 aliphatic carbocycles. The van der Waals surface area contributed by atoms with E-state index in [4.69, 9.17) is 9.47 Å².